The lowest BCUT2D eigenvalue weighted by Crippen LogP contribution is -2.01. The Kier molecular flexibility index (Phi) is 3.11. The summed E-state index contributed by atoms with van der Waals surface area (Å²) in [5.41, 5.74) is -0.323. The van der Waals surface area contributed by atoms with E-state index in [0.717, 1.165) is 13.2 Å². The number of methoxy groups -OCH3 is 1. The quantitative estimate of drug-likeness (QED) is 0.554. The van der Waals surface area contributed by atoms with Gasteiger partial charge < -0.3 is 9.53 Å². The molecule has 0 aliphatic carbocycles. The van der Waals surface area contributed by atoms with Crippen LogP contribution in [-0.2, 0) is 11.2 Å². The molecule has 0 unspecified atom stereocenters. The lowest BCUT2D eigenvalue weighted by Gasteiger charge is -2.06. The van der Waals surface area contributed by atoms with Gasteiger partial charge in [0.05, 0.1) is 7.11 Å². The number of rotatable bonds is 3. The first-order valence-electron chi connectivity index (χ1n) is 3.75. The molecule has 0 N–H and O–H groups in total. The number of aldehydes is 1. The van der Waals surface area contributed by atoms with Crippen molar-refractivity contribution >= 4 is 6.29 Å². The van der Waals surface area contributed by atoms with Crippen LogP contribution in [0.1, 0.15) is 5.56 Å². The fourth-order valence-corrected chi connectivity index (χ4v) is 1.05. The maximum Gasteiger partial charge on any atom is 0.203 e. The molecule has 0 atom stereocenters. The molecule has 0 amide bonds. The van der Waals surface area contributed by atoms with E-state index in [2.05, 4.69) is 4.74 Å². The molecular weight excluding hydrogens is 197 g/mol. The van der Waals surface area contributed by atoms with Crippen molar-refractivity contribution in [2.45, 2.75) is 6.42 Å². The summed E-state index contributed by atoms with van der Waals surface area (Å²) < 4.78 is 43.3. The molecule has 0 saturated carbocycles. The second kappa shape index (κ2) is 4.13. The molecule has 2 nitrogen and oxygen atoms in total. The molecule has 0 radical (unpaired) electrons. The van der Waals surface area contributed by atoms with E-state index >= 15 is 0 Å². The van der Waals surface area contributed by atoms with Crippen molar-refractivity contribution in [3.63, 3.8) is 0 Å². The van der Waals surface area contributed by atoms with Gasteiger partial charge in [-0.25, -0.2) is 8.78 Å². The van der Waals surface area contributed by atoms with E-state index in [4.69, 9.17) is 0 Å². The highest BCUT2D eigenvalue weighted by Gasteiger charge is 2.18. The maximum atomic E-state index is 13.0. The minimum Gasteiger partial charge on any atom is -0.491 e. The standard InChI is InChI=1S/C9H7F3O2/c1-14-9-6(10)4-5(2-3-13)7(11)8(9)12/h3-4H,2H2,1H3. The molecule has 0 spiro atoms. The molecule has 0 fully saturated rings. The third-order valence-corrected chi connectivity index (χ3v) is 1.70. The Morgan fingerprint density at radius 2 is 2.00 bits per heavy atom. The zero-order chi connectivity index (χ0) is 10.7. The Balaban J connectivity index is 3.31. The second-order valence-corrected chi connectivity index (χ2v) is 2.55. The van der Waals surface area contributed by atoms with Crippen molar-refractivity contribution in [1.82, 2.24) is 0 Å². The number of halogens is 3. The van der Waals surface area contributed by atoms with Crippen LogP contribution >= 0.6 is 0 Å². The van der Waals surface area contributed by atoms with E-state index in [9.17, 15) is 18.0 Å². The van der Waals surface area contributed by atoms with Crippen molar-refractivity contribution in [3.8, 4) is 5.75 Å². The van der Waals surface area contributed by atoms with Gasteiger partial charge in [-0.05, 0) is 6.07 Å². The van der Waals surface area contributed by atoms with Crippen molar-refractivity contribution in [2.24, 2.45) is 0 Å². The summed E-state index contributed by atoms with van der Waals surface area (Å²) >= 11 is 0. The second-order valence-electron chi connectivity index (χ2n) is 2.55. The lowest BCUT2D eigenvalue weighted by atomic mass is 10.1. The molecule has 1 rings (SSSR count). The van der Waals surface area contributed by atoms with E-state index in [0.29, 0.717) is 6.29 Å². The Bertz CT molecular complexity index is 364. The topological polar surface area (TPSA) is 26.3 Å². The van der Waals surface area contributed by atoms with E-state index in [-0.39, 0.29) is 12.0 Å². The average Bonchev–Trinajstić information content (AvgIpc) is 2.15. The minimum atomic E-state index is -1.41. The summed E-state index contributed by atoms with van der Waals surface area (Å²) in [5.74, 6) is -4.47. The van der Waals surface area contributed by atoms with E-state index in [1.54, 1.807) is 0 Å². The summed E-state index contributed by atoms with van der Waals surface area (Å²) in [6, 6.07) is 0.742. The van der Waals surface area contributed by atoms with Crippen molar-refractivity contribution < 1.29 is 22.7 Å². The van der Waals surface area contributed by atoms with E-state index < -0.39 is 23.2 Å². The summed E-state index contributed by atoms with van der Waals surface area (Å²) in [4.78, 5) is 10.1. The van der Waals surface area contributed by atoms with Crippen LogP contribution in [0.25, 0.3) is 0 Å². The summed E-state index contributed by atoms with van der Waals surface area (Å²) in [6.45, 7) is 0. The zero-order valence-corrected chi connectivity index (χ0v) is 7.31. The highest BCUT2D eigenvalue weighted by atomic mass is 19.2. The Labute approximate surface area is 78.3 Å². The number of hydrogen-bond donors (Lipinski definition) is 0. The SMILES string of the molecule is COc1c(F)cc(CC=O)c(F)c1F. The Hall–Kier alpha value is -1.52. The van der Waals surface area contributed by atoms with Crippen molar-refractivity contribution in [2.75, 3.05) is 7.11 Å². The van der Waals surface area contributed by atoms with Gasteiger partial charge in [0.1, 0.15) is 6.29 Å². The number of benzene rings is 1. The predicted octanol–water partition coefficient (Wildman–Crippen LogP) is 1.85. The largest absolute Gasteiger partial charge is 0.491 e. The first-order chi connectivity index (χ1) is 6.61. The third-order valence-electron chi connectivity index (χ3n) is 1.70. The molecular formula is C9H7F3O2. The van der Waals surface area contributed by atoms with Crippen LogP contribution in [0.15, 0.2) is 6.07 Å². The van der Waals surface area contributed by atoms with Gasteiger partial charge in [0.25, 0.3) is 0 Å². The normalized spacial score (nSPS) is 10.0. The van der Waals surface area contributed by atoms with Crippen LogP contribution < -0.4 is 4.74 Å². The van der Waals surface area contributed by atoms with E-state index in [1.165, 1.54) is 0 Å². The number of hydrogen-bond acceptors (Lipinski definition) is 2. The van der Waals surface area contributed by atoms with Crippen LogP contribution in [0.5, 0.6) is 5.75 Å². The molecule has 0 bridgehead atoms. The van der Waals surface area contributed by atoms with Gasteiger partial charge >= 0.3 is 0 Å². The molecule has 0 aliphatic heterocycles. The highest BCUT2D eigenvalue weighted by Crippen LogP contribution is 2.26. The fraction of sp³-hybridized carbons (Fsp3) is 0.222. The zero-order valence-electron chi connectivity index (χ0n) is 7.31. The van der Waals surface area contributed by atoms with Crippen LogP contribution in [0.4, 0.5) is 13.2 Å². The predicted molar refractivity (Wildman–Crippen MR) is 42.6 cm³/mol. The van der Waals surface area contributed by atoms with Gasteiger partial charge in [-0.2, -0.15) is 4.39 Å². The smallest absolute Gasteiger partial charge is 0.203 e. The van der Waals surface area contributed by atoms with Crippen LogP contribution in [-0.4, -0.2) is 13.4 Å². The van der Waals surface area contributed by atoms with Crippen LogP contribution in [0.2, 0.25) is 0 Å². The first-order valence-corrected chi connectivity index (χ1v) is 3.75. The van der Waals surface area contributed by atoms with Gasteiger partial charge in [-0.15, -0.1) is 0 Å². The van der Waals surface area contributed by atoms with Crippen LogP contribution in [0, 0.1) is 17.5 Å². The molecule has 5 heteroatoms. The molecule has 0 heterocycles. The number of carbonyl (C=O) groups is 1. The highest BCUT2D eigenvalue weighted by molar-refractivity contribution is 5.55. The van der Waals surface area contributed by atoms with Crippen molar-refractivity contribution in [1.29, 1.82) is 0 Å². The monoisotopic (exact) mass is 204 g/mol. The van der Waals surface area contributed by atoms with Crippen LogP contribution in [0.3, 0.4) is 0 Å². The van der Waals surface area contributed by atoms with Crippen molar-refractivity contribution in [3.05, 3.63) is 29.1 Å². The number of ether oxygens (including phenoxy) is 1. The Morgan fingerprint density at radius 3 is 2.50 bits per heavy atom. The third kappa shape index (κ3) is 1.71. The van der Waals surface area contributed by atoms with E-state index in [1.807, 2.05) is 0 Å². The summed E-state index contributed by atoms with van der Waals surface area (Å²) in [5, 5.41) is 0. The van der Waals surface area contributed by atoms with Gasteiger partial charge in [0, 0.05) is 12.0 Å². The lowest BCUT2D eigenvalue weighted by molar-refractivity contribution is -0.107. The Morgan fingerprint density at radius 1 is 1.36 bits per heavy atom. The van der Waals surface area contributed by atoms with Gasteiger partial charge in [-0.1, -0.05) is 0 Å². The molecule has 1 aromatic carbocycles. The maximum absolute atomic E-state index is 13.0. The number of carbonyl (C=O) groups excluding carboxylic acids is 1. The molecule has 76 valence electrons. The first kappa shape index (κ1) is 10.6. The summed E-state index contributed by atoms with van der Waals surface area (Å²) in [6.07, 6.45) is -0.00651. The molecule has 0 saturated heterocycles. The average molecular weight is 204 g/mol. The van der Waals surface area contributed by atoms with Gasteiger partial charge in [-0.3, -0.25) is 0 Å². The minimum absolute atomic E-state index is 0.323. The van der Waals surface area contributed by atoms with Gasteiger partial charge in [0.2, 0.25) is 5.82 Å². The molecule has 0 aromatic heterocycles. The fourth-order valence-electron chi connectivity index (χ4n) is 1.05. The molecule has 1 aromatic rings. The van der Waals surface area contributed by atoms with Gasteiger partial charge in [0.15, 0.2) is 17.4 Å². The summed E-state index contributed by atoms with van der Waals surface area (Å²) in [7, 11) is 1.03. The molecule has 14 heavy (non-hydrogen) atoms. The molecule has 0 aliphatic rings.